The lowest BCUT2D eigenvalue weighted by Gasteiger charge is -2.23. The van der Waals surface area contributed by atoms with E-state index in [1.807, 2.05) is 49.4 Å². The van der Waals surface area contributed by atoms with E-state index in [1.165, 1.54) is 10.6 Å². The first-order chi connectivity index (χ1) is 13.7. The lowest BCUT2D eigenvalue weighted by atomic mass is 10.1. The zero-order chi connectivity index (χ0) is 21.0. The van der Waals surface area contributed by atoms with Crippen LogP contribution < -0.4 is 9.62 Å². The monoisotopic (exact) mass is 520 g/mol. The van der Waals surface area contributed by atoms with Gasteiger partial charge in [0.2, 0.25) is 10.0 Å². The first-order valence-electron chi connectivity index (χ1n) is 8.92. The molecule has 0 radical (unpaired) electrons. The highest BCUT2D eigenvalue weighted by molar-refractivity contribution is 14.1. The van der Waals surface area contributed by atoms with Gasteiger partial charge in [-0.05, 0) is 89.2 Å². The van der Waals surface area contributed by atoms with Gasteiger partial charge in [0.25, 0.3) is 5.91 Å². The van der Waals surface area contributed by atoms with Crippen molar-refractivity contribution >= 4 is 49.9 Å². The second-order valence-corrected chi connectivity index (χ2v) is 9.92. The number of halogens is 1. The summed E-state index contributed by atoms with van der Waals surface area (Å²) in [5.74, 6) is -0.212. The Morgan fingerprint density at radius 3 is 2.24 bits per heavy atom. The van der Waals surface area contributed by atoms with Crippen LogP contribution in [0.2, 0.25) is 0 Å². The molecular formula is C22H21IN2O3S. The molecule has 0 aliphatic rings. The molecule has 0 aliphatic heterocycles. The Bertz CT molecular complexity index is 1110. The van der Waals surface area contributed by atoms with Crippen molar-refractivity contribution in [2.24, 2.45) is 0 Å². The van der Waals surface area contributed by atoms with E-state index in [-0.39, 0.29) is 12.5 Å². The van der Waals surface area contributed by atoms with Crippen molar-refractivity contribution in [3.8, 4) is 0 Å². The fraction of sp³-hybridized carbons (Fsp3) is 0.136. The molecule has 3 aromatic carbocycles. The van der Waals surface area contributed by atoms with Crippen LogP contribution in [0.15, 0.2) is 72.8 Å². The molecule has 0 unspecified atom stereocenters. The third-order valence-corrected chi connectivity index (χ3v) is 6.19. The third-order valence-electron chi connectivity index (χ3n) is 4.33. The van der Waals surface area contributed by atoms with Crippen LogP contribution >= 0.6 is 22.6 Å². The SMILES string of the molecule is Cc1cccc(N(Cc2ccc(C(=O)Nc3ccc(I)cc3)cc2)S(C)(=O)=O)c1. The maximum Gasteiger partial charge on any atom is 0.255 e. The minimum Gasteiger partial charge on any atom is -0.322 e. The first-order valence-corrected chi connectivity index (χ1v) is 11.9. The van der Waals surface area contributed by atoms with Gasteiger partial charge in [-0.25, -0.2) is 8.42 Å². The molecular weight excluding hydrogens is 499 g/mol. The summed E-state index contributed by atoms with van der Waals surface area (Å²) in [6, 6.07) is 21.9. The molecule has 1 amide bonds. The van der Waals surface area contributed by atoms with Crippen molar-refractivity contribution in [1.29, 1.82) is 0 Å². The van der Waals surface area contributed by atoms with E-state index in [4.69, 9.17) is 0 Å². The lowest BCUT2D eigenvalue weighted by molar-refractivity contribution is 0.102. The molecule has 29 heavy (non-hydrogen) atoms. The highest BCUT2D eigenvalue weighted by Crippen LogP contribution is 2.22. The number of nitrogens with one attached hydrogen (secondary N) is 1. The Hall–Kier alpha value is -2.39. The Morgan fingerprint density at radius 2 is 1.66 bits per heavy atom. The van der Waals surface area contributed by atoms with Gasteiger partial charge in [0.1, 0.15) is 0 Å². The molecule has 150 valence electrons. The van der Waals surface area contributed by atoms with Crippen molar-refractivity contribution in [1.82, 2.24) is 0 Å². The fourth-order valence-electron chi connectivity index (χ4n) is 2.85. The molecule has 0 atom stereocenters. The molecule has 0 aromatic heterocycles. The molecule has 0 saturated heterocycles. The fourth-order valence-corrected chi connectivity index (χ4v) is 4.09. The molecule has 0 spiro atoms. The second kappa shape index (κ2) is 8.96. The number of anilines is 2. The van der Waals surface area contributed by atoms with Crippen LogP contribution in [-0.4, -0.2) is 20.6 Å². The minimum absolute atomic E-state index is 0.196. The van der Waals surface area contributed by atoms with E-state index in [0.29, 0.717) is 11.3 Å². The molecule has 3 rings (SSSR count). The quantitative estimate of drug-likeness (QED) is 0.475. The largest absolute Gasteiger partial charge is 0.322 e. The topological polar surface area (TPSA) is 66.5 Å². The van der Waals surface area contributed by atoms with Gasteiger partial charge >= 0.3 is 0 Å². The number of hydrogen-bond acceptors (Lipinski definition) is 3. The van der Waals surface area contributed by atoms with Gasteiger partial charge in [-0.2, -0.15) is 0 Å². The van der Waals surface area contributed by atoms with E-state index in [9.17, 15) is 13.2 Å². The Morgan fingerprint density at radius 1 is 1.00 bits per heavy atom. The number of carbonyl (C=O) groups excluding carboxylic acids is 1. The van der Waals surface area contributed by atoms with Gasteiger partial charge < -0.3 is 5.32 Å². The summed E-state index contributed by atoms with van der Waals surface area (Å²) in [5, 5.41) is 2.85. The summed E-state index contributed by atoms with van der Waals surface area (Å²) >= 11 is 2.21. The number of carbonyl (C=O) groups is 1. The van der Waals surface area contributed by atoms with Crippen molar-refractivity contribution in [2.75, 3.05) is 15.9 Å². The van der Waals surface area contributed by atoms with Crippen molar-refractivity contribution in [3.63, 3.8) is 0 Å². The molecule has 0 fully saturated rings. The lowest BCUT2D eigenvalue weighted by Crippen LogP contribution is -2.29. The van der Waals surface area contributed by atoms with Crippen LogP contribution in [0.25, 0.3) is 0 Å². The van der Waals surface area contributed by atoms with Gasteiger partial charge in [0.05, 0.1) is 18.5 Å². The van der Waals surface area contributed by atoms with Crippen LogP contribution in [-0.2, 0) is 16.6 Å². The Balaban J connectivity index is 1.76. The number of amides is 1. The summed E-state index contributed by atoms with van der Waals surface area (Å²) in [5.41, 5.74) is 3.63. The van der Waals surface area contributed by atoms with Crippen molar-refractivity contribution < 1.29 is 13.2 Å². The standard InChI is InChI=1S/C22H21IN2O3S/c1-16-4-3-5-21(14-16)25(29(2,27)28)15-17-6-8-18(9-7-17)22(26)24-20-12-10-19(23)11-13-20/h3-14H,15H2,1-2H3,(H,24,26). The summed E-state index contributed by atoms with van der Waals surface area (Å²) < 4.78 is 27.1. The zero-order valence-electron chi connectivity index (χ0n) is 16.1. The molecule has 1 N–H and O–H groups in total. The predicted molar refractivity (Wildman–Crippen MR) is 126 cm³/mol. The van der Waals surface area contributed by atoms with Crippen LogP contribution in [0.4, 0.5) is 11.4 Å². The second-order valence-electron chi connectivity index (χ2n) is 6.77. The van der Waals surface area contributed by atoms with E-state index >= 15 is 0 Å². The molecule has 0 bridgehead atoms. The van der Waals surface area contributed by atoms with Crippen LogP contribution in [0.1, 0.15) is 21.5 Å². The van der Waals surface area contributed by atoms with Gasteiger partial charge in [0.15, 0.2) is 0 Å². The van der Waals surface area contributed by atoms with E-state index < -0.39 is 10.0 Å². The zero-order valence-corrected chi connectivity index (χ0v) is 19.1. The average molecular weight is 520 g/mol. The van der Waals surface area contributed by atoms with Gasteiger partial charge in [-0.1, -0.05) is 24.3 Å². The van der Waals surface area contributed by atoms with Crippen LogP contribution in [0, 0.1) is 10.5 Å². The van der Waals surface area contributed by atoms with Gasteiger partial charge in [-0.15, -0.1) is 0 Å². The number of nitrogens with zero attached hydrogens (tertiary/aromatic N) is 1. The Labute approximate surface area is 184 Å². The molecule has 5 nitrogen and oxygen atoms in total. The van der Waals surface area contributed by atoms with Crippen LogP contribution in [0.3, 0.4) is 0 Å². The van der Waals surface area contributed by atoms with Crippen molar-refractivity contribution in [2.45, 2.75) is 13.5 Å². The number of aryl methyl sites for hydroxylation is 1. The third kappa shape index (κ3) is 5.80. The average Bonchev–Trinajstić information content (AvgIpc) is 2.67. The van der Waals surface area contributed by atoms with E-state index in [1.54, 1.807) is 30.3 Å². The number of hydrogen-bond donors (Lipinski definition) is 1. The highest BCUT2D eigenvalue weighted by Gasteiger charge is 2.18. The maximum atomic E-state index is 12.4. The van der Waals surface area contributed by atoms with E-state index in [0.717, 1.165) is 20.4 Å². The molecule has 0 heterocycles. The smallest absolute Gasteiger partial charge is 0.255 e. The molecule has 0 aliphatic carbocycles. The molecule has 3 aromatic rings. The summed E-state index contributed by atoms with van der Waals surface area (Å²) in [4.78, 5) is 12.4. The number of benzene rings is 3. The molecule has 0 saturated carbocycles. The van der Waals surface area contributed by atoms with Crippen LogP contribution in [0.5, 0.6) is 0 Å². The summed E-state index contributed by atoms with van der Waals surface area (Å²) in [7, 11) is -3.45. The first kappa shape index (κ1) is 21.3. The number of sulfonamides is 1. The van der Waals surface area contributed by atoms with Gasteiger partial charge in [-0.3, -0.25) is 9.10 Å². The van der Waals surface area contributed by atoms with E-state index in [2.05, 4.69) is 27.9 Å². The molecule has 7 heteroatoms. The van der Waals surface area contributed by atoms with Crippen molar-refractivity contribution in [3.05, 3.63) is 93.1 Å². The normalized spacial score (nSPS) is 11.1. The summed E-state index contributed by atoms with van der Waals surface area (Å²) in [6.45, 7) is 2.12. The Kier molecular flexibility index (Phi) is 6.59. The van der Waals surface area contributed by atoms with Gasteiger partial charge in [0, 0.05) is 14.8 Å². The highest BCUT2D eigenvalue weighted by atomic mass is 127. The predicted octanol–water partition coefficient (Wildman–Crippen LogP) is 4.82. The number of rotatable bonds is 6. The maximum absolute atomic E-state index is 12.4. The summed E-state index contributed by atoms with van der Waals surface area (Å²) in [6.07, 6.45) is 1.19. The minimum atomic E-state index is -3.45.